The second-order valence-electron chi connectivity index (χ2n) is 8.51. The largest absolute Gasteiger partial charge is 0.356 e. The zero-order chi connectivity index (χ0) is 20.8. The van der Waals surface area contributed by atoms with Crippen molar-refractivity contribution in [2.24, 2.45) is 10.9 Å². The number of nitrogens with zero attached hydrogens (tertiary/aromatic N) is 4. The Kier molecular flexibility index (Phi) is 9.61. The van der Waals surface area contributed by atoms with Crippen LogP contribution in [0.2, 0.25) is 0 Å². The Balaban J connectivity index is 0.00000320. The summed E-state index contributed by atoms with van der Waals surface area (Å²) in [5.41, 5.74) is 3.67. The molecule has 2 N–H and O–H groups in total. The van der Waals surface area contributed by atoms with Crippen molar-refractivity contribution in [2.45, 2.75) is 59.3 Å². The number of likely N-dealkylation sites (tertiary alicyclic amines) is 1. The number of nitrogens with one attached hydrogen (secondary N) is 2. The number of aromatic nitrogens is 2. The summed E-state index contributed by atoms with van der Waals surface area (Å²) in [6, 6.07) is 13.8. The third kappa shape index (κ3) is 6.97. The molecule has 0 spiro atoms. The number of aliphatic imine (C=N–C) groups is 1. The van der Waals surface area contributed by atoms with Gasteiger partial charge in [-0.2, -0.15) is 5.10 Å². The van der Waals surface area contributed by atoms with Crippen molar-refractivity contribution in [3.05, 3.63) is 53.3 Å². The number of halogens is 1. The third-order valence-electron chi connectivity index (χ3n) is 5.70. The smallest absolute Gasteiger partial charge is 0.191 e. The lowest BCUT2D eigenvalue weighted by Gasteiger charge is -2.21. The molecule has 3 atom stereocenters. The van der Waals surface area contributed by atoms with Crippen LogP contribution < -0.4 is 10.6 Å². The third-order valence-corrected chi connectivity index (χ3v) is 5.70. The van der Waals surface area contributed by atoms with Gasteiger partial charge in [0, 0.05) is 51.0 Å². The monoisotopic (exact) mass is 524 g/mol. The molecular formula is C23H37IN6. The fourth-order valence-corrected chi connectivity index (χ4v) is 4.12. The van der Waals surface area contributed by atoms with Crippen LogP contribution in [0.25, 0.3) is 0 Å². The number of benzene rings is 1. The normalized spacial score (nSPS) is 20.6. The molecular weight excluding hydrogens is 487 g/mol. The number of guanidine groups is 1. The number of hydrogen-bond acceptors (Lipinski definition) is 3. The summed E-state index contributed by atoms with van der Waals surface area (Å²) in [7, 11) is 1.85. The maximum Gasteiger partial charge on any atom is 0.191 e. The molecule has 30 heavy (non-hydrogen) atoms. The zero-order valence-corrected chi connectivity index (χ0v) is 21.3. The van der Waals surface area contributed by atoms with Crippen LogP contribution in [0.4, 0.5) is 0 Å². The van der Waals surface area contributed by atoms with Crippen molar-refractivity contribution >= 4 is 29.9 Å². The van der Waals surface area contributed by atoms with E-state index in [0.29, 0.717) is 18.0 Å². The molecule has 0 amide bonds. The molecule has 3 rings (SSSR count). The maximum atomic E-state index is 4.57. The summed E-state index contributed by atoms with van der Waals surface area (Å²) < 4.78 is 2.10. The van der Waals surface area contributed by atoms with Gasteiger partial charge in [0.2, 0.25) is 0 Å². The van der Waals surface area contributed by atoms with Crippen molar-refractivity contribution in [1.82, 2.24) is 25.3 Å². The van der Waals surface area contributed by atoms with E-state index >= 15 is 0 Å². The highest BCUT2D eigenvalue weighted by atomic mass is 127. The molecule has 1 aromatic heterocycles. The molecule has 0 saturated carbocycles. The standard InChI is InChI=1S/C23H36N6.HI/c1-17(14-29-20(4)11-18(2)27-29)13-25-23(24-5)26-22-12-19(3)28(16-22)15-21-9-7-6-8-10-21;/h6-11,17,19,22H,12-16H2,1-5H3,(H2,24,25,26);1H. The fraction of sp³-hybridized carbons (Fsp3) is 0.565. The maximum absolute atomic E-state index is 4.57. The molecule has 3 unspecified atom stereocenters. The van der Waals surface area contributed by atoms with E-state index in [1.54, 1.807) is 0 Å². The van der Waals surface area contributed by atoms with E-state index in [4.69, 9.17) is 0 Å². The van der Waals surface area contributed by atoms with E-state index in [0.717, 1.165) is 44.3 Å². The highest BCUT2D eigenvalue weighted by Gasteiger charge is 2.29. The van der Waals surface area contributed by atoms with Gasteiger partial charge in [0.15, 0.2) is 5.96 Å². The van der Waals surface area contributed by atoms with E-state index in [1.807, 2.05) is 14.0 Å². The van der Waals surface area contributed by atoms with Gasteiger partial charge >= 0.3 is 0 Å². The van der Waals surface area contributed by atoms with Crippen molar-refractivity contribution in [1.29, 1.82) is 0 Å². The molecule has 1 aliphatic rings. The van der Waals surface area contributed by atoms with Gasteiger partial charge in [-0.15, -0.1) is 24.0 Å². The van der Waals surface area contributed by atoms with Gasteiger partial charge in [-0.3, -0.25) is 14.6 Å². The van der Waals surface area contributed by atoms with Crippen LogP contribution in [0.3, 0.4) is 0 Å². The fourth-order valence-electron chi connectivity index (χ4n) is 4.12. The molecule has 2 aromatic rings. The van der Waals surface area contributed by atoms with Crippen LogP contribution in [0, 0.1) is 19.8 Å². The van der Waals surface area contributed by atoms with Crippen molar-refractivity contribution in [2.75, 3.05) is 20.1 Å². The van der Waals surface area contributed by atoms with Crippen LogP contribution in [0.1, 0.15) is 37.2 Å². The van der Waals surface area contributed by atoms with Gasteiger partial charge in [0.25, 0.3) is 0 Å². The molecule has 0 bridgehead atoms. The Morgan fingerprint density at radius 3 is 2.63 bits per heavy atom. The lowest BCUT2D eigenvalue weighted by Crippen LogP contribution is -2.46. The van der Waals surface area contributed by atoms with Gasteiger partial charge in [0.05, 0.1) is 5.69 Å². The number of rotatable bonds is 7. The summed E-state index contributed by atoms with van der Waals surface area (Å²) in [6.45, 7) is 12.5. The van der Waals surface area contributed by atoms with Crippen molar-refractivity contribution < 1.29 is 0 Å². The molecule has 0 aliphatic carbocycles. The molecule has 1 saturated heterocycles. The number of aryl methyl sites for hydroxylation is 2. The minimum absolute atomic E-state index is 0. The van der Waals surface area contributed by atoms with Crippen LogP contribution >= 0.6 is 24.0 Å². The lowest BCUT2D eigenvalue weighted by atomic mass is 10.2. The Labute approximate surface area is 198 Å². The first-order valence-corrected chi connectivity index (χ1v) is 10.7. The molecule has 2 heterocycles. The van der Waals surface area contributed by atoms with E-state index < -0.39 is 0 Å². The van der Waals surface area contributed by atoms with Crippen molar-refractivity contribution in [3.63, 3.8) is 0 Å². The minimum Gasteiger partial charge on any atom is -0.356 e. The molecule has 1 aliphatic heterocycles. The first-order valence-electron chi connectivity index (χ1n) is 10.7. The predicted molar refractivity (Wildman–Crippen MR) is 135 cm³/mol. The summed E-state index contributed by atoms with van der Waals surface area (Å²) in [6.07, 6.45) is 1.13. The summed E-state index contributed by atoms with van der Waals surface area (Å²) in [5.74, 6) is 1.35. The van der Waals surface area contributed by atoms with Crippen LogP contribution in [0.15, 0.2) is 41.4 Å². The first kappa shape index (κ1) is 24.7. The zero-order valence-electron chi connectivity index (χ0n) is 18.9. The van der Waals surface area contributed by atoms with Gasteiger partial charge in [-0.05, 0) is 44.7 Å². The molecule has 1 aromatic carbocycles. The van der Waals surface area contributed by atoms with Gasteiger partial charge in [-0.25, -0.2) is 0 Å². The average molecular weight is 524 g/mol. The second kappa shape index (κ2) is 11.7. The number of hydrogen-bond donors (Lipinski definition) is 2. The molecule has 6 nitrogen and oxygen atoms in total. The van der Waals surface area contributed by atoms with Crippen LogP contribution in [-0.2, 0) is 13.1 Å². The molecule has 0 radical (unpaired) electrons. The summed E-state index contributed by atoms with van der Waals surface area (Å²) >= 11 is 0. The Morgan fingerprint density at radius 2 is 2.00 bits per heavy atom. The highest BCUT2D eigenvalue weighted by Crippen LogP contribution is 2.20. The van der Waals surface area contributed by atoms with Gasteiger partial charge in [-0.1, -0.05) is 37.3 Å². The van der Waals surface area contributed by atoms with E-state index in [1.165, 1.54) is 11.3 Å². The van der Waals surface area contributed by atoms with Crippen LogP contribution in [0.5, 0.6) is 0 Å². The van der Waals surface area contributed by atoms with Crippen LogP contribution in [-0.4, -0.2) is 52.9 Å². The van der Waals surface area contributed by atoms with E-state index in [-0.39, 0.29) is 24.0 Å². The van der Waals surface area contributed by atoms with Gasteiger partial charge < -0.3 is 10.6 Å². The quantitative estimate of drug-likeness (QED) is 0.331. The van der Waals surface area contributed by atoms with Gasteiger partial charge in [0.1, 0.15) is 0 Å². The average Bonchev–Trinajstić information content (AvgIpc) is 3.20. The predicted octanol–water partition coefficient (Wildman–Crippen LogP) is 3.58. The topological polar surface area (TPSA) is 57.5 Å². The molecule has 1 fully saturated rings. The lowest BCUT2D eigenvalue weighted by molar-refractivity contribution is 0.258. The second-order valence-corrected chi connectivity index (χ2v) is 8.51. The Hall–Kier alpha value is -1.61. The Morgan fingerprint density at radius 1 is 1.27 bits per heavy atom. The van der Waals surface area contributed by atoms with E-state index in [9.17, 15) is 0 Å². The summed E-state index contributed by atoms with van der Waals surface area (Å²) in [5, 5.41) is 11.7. The van der Waals surface area contributed by atoms with Crippen molar-refractivity contribution in [3.8, 4) is 0 Å². The highest BCUT2D eigenvalue weighted by molar-refractivity contribution is 14.0. The minimum atomic E-state index is 0. The molecule has 7 heteroatoms. The summed E-state index contributed by atoms with van der Waals surface area (Å²) in [4.78, 5) is 6.99. The first-order chi connectivity index (χ1) is 13.9. The van der Waals surface area contributed by atoms with E-state index in [2.05, 4.69) is 87.5 Å². The molecule has 166 valence electrons. The Bertz CT molecular complexity index is 803. The SMILES string of the molecule is CN=C(NCC(C)Cn1nc(C)cc1C)NC1CC(C)N(Cc2ccccc2)C1.I.